The van der Waals surface area contributed by atoms with Gasteiger partial charge in [-0.3, -0.25) is 4.79 Å². The molecule has 0 aliphatic rings. The summed E-state index contributed by atoms with van der Waals surface area (Å²) in [6, 6.07) is 0. The predicted molar refractivity (Wildman–Crippen MR) is 185 cm³/mol. The standard InChI is InChI=1S/C38H75NO4/c1-3-5-7-9-11-13-14-15-16-17-20-24-27-31-35-42-37(40)33-29-25-21-18-19-22-26-30-34-39-38(41)43-36-32-28-23-12-10-8-6-4-2/h3-36H2,1-2H3,(H,39,41). The Balaban J connectivity index is 3.22. The van der Waals surface area contributed by atoms with Gasteiger partial charge in [-0.05, 0) is 25.7 Å². The highest BCUT2D eigenvalue weighted by molar-refractivity contribution is 5.69. The molecule has 0 fully saturated rings. The monoisotopic (exact) mass is 610 g/mol. The lowest BCUT2D eigenvalue weighted by molar-refractivity contribution is -0.143. The van der Waals surface area contributed by atoms with Crippen LogP contribution in [0.15, 0.2) is 0 Å². The minimum atomic E-state index is -0.263. The summed E-state index contributed by atoms with van der Waals surface area (Å²) in [5.41, 5.74) is 0. The number of carbonyl (C=O) groups is 2. The van der Waals surface area contributed by atoms with E-state index in [4.69, 9.17) is 9.47 Å². The zero-order valence-electron chi connectivity index (χ0n) is 29.2. The van der Waals surface area contributed by atoms with Crippen LogP contribution in [0.5, 0.6) is 0 Å². The van der Waals surface area contributed by atoms with Crippen molar-refractivity contribution in [2.75, 3.05) is 19.8 Å². The third-order valence-corrected chi connectivity index (χ3v) is 8.57. The number of rotatable bonds is 35. The number of ether oxygens (including phenoxy) is 2. The molecule has 0 heterocycles. The van der Waals surface area contributed by atoms with Crippen LogP contribution in [0.4, 0.5) is 4.79 Å². The maximum Gasteiger partial charge on any atom is 0.407 e. The lowest BCUT2D eigenvalue weighted by Gasteiger charge is -2.07. The summed E-state index contributed by atoms with van der Waals surface area (Å²) in [4.78, 5) is 23.7. The van der Waals surface area contributed by atoms with Crippen molar-refractivity contribution >= 4 is 12.1 Å². The van der Waals surface area contributed by atoms with Crippen molar-refractivity contribution in [1.29, 1.82) is 0 Å². The molecule has 0 atom stereocenters. The molecule has 0 radical (unpaired) electrons. The van der Waals surface area contributed by atoms with Crippen molar-refractivity contribution in [3.8, 4) is 0 Å². The van der Waals surface area contributed by atoms with Gasteiger partial charge in [0.2, 0.25) is 0 Å². The van der Waals surface area contributed by atoms with Crippen molar-refractivity contribution < 1.29 is 19.1 Å². The Bertz CT molecular complexity index is 568. The molecule has 5 nitrogen and oxygen atoms in total. The minimum Gasteiger partial charge on any atom is -0.466 e. The van der Waals surface area contributed by atoms with Gasteiger partial charge in [-0.1, -0.05) is 181 Å². The van der Waals surface area contributed by atoms with Crippen LogP contribution in [0.3, 0.4) is 0 Å². The quantitative estimate of drug-likeness (QED) is 0.0573. The van der Waals surface area contributed by atoms with E-state index < -0.39 is 0 Å². The fraction of sp³-hybridized carbons (Fsp3) is 0.947. The van der Waals surface area contributed by atoms with Gasteiger partial charge in [-0.2, -0.15) is 0 Å². The summed E-state index contributed by atoms with van der Waals surface area (Å²) in [6.07, 6.45) is 38.2. The Kier molecular flexibility index (Phi) is 35.8. The van der Waals surface area contributed by atoms with Crippen LogP contribution in [0.2, 0.25) is 0 Å². The molecule has 0 saturated heterocycles. The summed E-state index contributed by atoms with van der Waals surface area (Å²) in [6.45, 7) is 6.37. The van der Waals surface area contributed by atoms with Crippen molar-refractivity contribution in [3.05, 3.63) is 0 Å². The second-order valence-electron chi connectivity index (χ2n) is 12.9. The van der Waals surface area contributed by atoms with Gasteiger partial charge in [0.15, 0.2) is 0 Å². The molecule has 0 rings (SSSR count). The lowest BCUT2D eigenvalue weighted by atomic mass is 10.0. The Hall–Kier alpha value is -1.26. The highest BCUT2D eigenvalue weighted by atomic mass is 16.5. The first-order chi connectivity index (χ1) is 21.2. The molecule has 0 aromatic carbocycles. The molecule has 5 heteroatoms. The van der Waals surface area contributed by atoms with Gasteiger partial charge in [0.05, 0.1) is 13.2 Å². The van der Waals surface area contributed by atoms with Crippen LogP contribution in [0.1, 0.15) is 213 Å². The largest absolute Gasteiger partial charge is 0.466 e. The number of hydrogen-bond acceptors (Lipinski definition) is 4. The van der Waals surface area contributed by atoms with Crippen LogP contribution >= 0.6 is 0 Å². The van der Waals surface area contributed by atoms with Crippen LogP contribution in [0, 0.1) is 0 Å². The lowest BCUT2D eigenvalue weighted by Crippen LogP contribution is -2.25. The highest BCUT2D eigenvalue weighted by Crippen LogP contribution is 2.14. The van der Waals surface area contributed by atoms with E-state index in [9.17, 15) is 9.59 Å². The van der Waals surface area contributed by atoms with E-state index in [1.807, 2.05) is 0 Å². The Morgan fingerprint density at radius 2 is 0.721 bits per heavy atom. The molecule has 1 amide bonds. The van der Waals surface area contributed by atoms with Crippen molar-refractivity contribution in [3.63, 3.8) is 0 Å². The van der Waals surface area contributed by atoms with E-state index >= 15 is 0 Å². The second kappa shape index (κ2) is 36.9. The third kappa shape index (κ3) is 36.8. The zero-order valence-corrected chi connectivity index (χ0v) is 29.2. The van der Waals surface area contributed by atoms with Gasteiger partial charge in [0.25, 0.3) is 0 Å². The smallest absolute Gasteiger partial charge is 0.407 e. The molecule has 256 valence electrons. The summed E-state index contributed by atoms with van der Waals surface area (Å²) < 4.78 is 10.7. The number of unbranched alkanes of at least 4 members (excludes halogenated alkanes) is 27. The van der Waals surface area contributed by atoms with Gasteiger partial charge >= 0.3 is 12.1 Å². The van der Waals surface area contributed by atoms with E-state index in [-0.39, 0.29) is 12.1 Å². The van der Waals surface area contributed by atoms with Crippen LogP contribution in [-0.2, 0) is 14.3 Å². The Morgan fingerprint density at radius 1 is 0.395 bits per heavy atom. The summed E-state index contributed by atoms with van der Waals surface area (Å²) in [5, 5.41) is 2.87. The average molecular weight is 610 g/mol. The molecule has 1 N–H and O–H groups in total. The molecule has 0 saturated carbocycles. The van der Waals surface area contributed by atoms with Gasteiger partial charge < -0.3 is 14.8 Å². The molecular formula is C38H75NO4. The second-order valence-corrected chi connectivity index (χ2v) is 12.9. The molecule has 0 spiro atoms. The number of alkyl carbamates (subject to hydrolysis) is 1. The van der Waals surface area contributed by atoms with Gasteiger partial charge in [-0.25, -0.2) is 4.79 Å². The molecule has 0 aliphatic carbocycles. The molecule has 0 bridgehead atoms. The predicted octanol–water partition coefficient (Wildman–Crippen LogP) is 12.4. The van der Waals surface area contributed by atoms with Crippen LogP contribution in [0.25, 0.3) is 0 Å². The molecule has 43 heavy (non-hydrogen) atoms. The van der Waals surface area contributed by atoms with E-state index in [0.717, 1.165) is 44.9 Å². The van der Waals surface area contributed by atoms with E-state index in [1.165, 1.54) is 148 Å². The number of esters is 1. The SMILES string of the molecule is CCCCCCCCCCCCCCCCOC(=O)CCCCCCCCCCNC(=O)OCCCCCCCCCC. The topological polar surface area (TPSA) is 64.6 Å². The first kappa shape index (κ1) is 41.7. The van der Waals surface area contributed by atoms with Crippen LogP contribution in [-0.4, -0.2) is 31.8 Å². The molecule has 0 aliphatic heterocycles. The maximum absolute atomic E-state index is 11.9. The maximum atomic E-state index is 11.9. The number of hydrogen-bond donors (Lipinski definition) is 1. The summed E-state index contributed by atoms with van der Waals surface area (Å²) >= 11 is 0. The summed E-state index contributed by atoms with van der Waals surface area (Å²) in [7, 11) is 0. The first-order valence-electron chi connectivity index (χ1n) is 19.3. The molecular weight excluding hydrogens is 534 g/mol. The molecule has 0 unspecified atom stereocenters. The normalized spacial score (nSPS) is 11.1. The van der Waals surface area contributed by atoms with Gasteiger partial charge in [0, 0.05) is 13.0 Å². The Morgan fingerprint density at radius 3 is 1.14 bits per heavy atom. The average Bonchev–Trinajstić information content (AvgIpc) is 3.01. The van der Waals surface area contributed by atoms with E-state index in [0.29, 0.717) is 26.2 Å². The third-order valence-electron chi connectivity index (χ3n) is 8.57. The van der Waals surface area contributed by atoms with E-state index in [2.05, 4.69) is 19.2 Å². The molecule has 0 aromatic heterocycles. The number of carbonyl (C=O) groups excluding carboxylic acids is 2. The summed E-state index contributed by atoms with van der Waals surface area (Å²) in [5.74, 6) is -0.0153. The number of amides is 1. The van der Waals surface area contributed by atoms with Gasteiger partial charge in [-0.15, -0.1) is 0 Å². The fourth-order valence-electron chi connectivity index (χ4n) is 5.65. The van der Waals surface area contributed by atoms with Crippen molar-refractivity contribution in [2.24, 2.45) is 0 Å². The van der Waals surface area contributed by atoms with Crippen LogP contribution < -0.4 is 5.32 Å². The van der Waals surface area contributed by atoms with Gasteiger partial charge in [0.1, 0.15) is 0 Å². The molecule has 0 aromatic rings. The van der Waals surface area contributed by atoms with E-state index in [1.54, 1.807) is 0 Å². The Labute approximate surface area is 268 Å². The fourth-order valence-corrected chi connectivity index (χ4v) is 5.65. The van der Waals surface area contributed by atoms with Crippen molar-refractivity contribution in [1.82, 2.24) is 5.32 Å². The zero-order chi connectivity index (χ0) is 31.3. The number of nitrogens with one attached hydrogen (secondary N) is 1. The first-order valence-corrected chi connectivity index (χ1v) is 19.3. The highest BCUT2D eigenvalue weighted by Gasteiger charge is 2.03. The minimum absolute atomic E-state index is 0.0153. The van der Waals surface area contributed by atoms with Crippen molar-refractivity contribution in [2.45, 2.75) is 213 Å².